The van der Waals surface area contributed by atoms with E-state index >= 15 is 0 Å². The van der Waals surface area contributed by atoms with Gasteiger partial charge in [0.25, 0.3) is 17.5 Å². The zero-order valence-corrected chi connectivity index (χ0v) is 22.4. The number of carbonyl (C=O) groups excluding carboxylic acids is 2. The Morgan fingerprint density at radius 1 is 1.22 bits per heavy atom. The summed E-state index contributed by atoms with van der Waals surface area (Å²) >= 11 is 3.33. The molecule has 2 aromatic rings. The topological polar surface area (TPSA) is 139 Å². The maximum Gasteiger partial charge on any atom is 0.294 e. The summed E-state index contributed by atoms with van der Waals surface area (Å²) in [6.45, 7) is 3.94. The fourth-order valence-electron chi connectivity index (χ4n) is 4.79. The Morgan fingerprint density at radius 2 is 2.03 bits per heavy atom. The molecule has 12 heteroatoms. The molecule has 2 aliphatic heterocycles. The van der Waals surface area contributed by atoms with Crippen molar-refractivity contribution in [3.63, 3.8) is 0 Å². The molecule has 0 bridgehead atoms. The van der Waals surface area contributed by atoms with Crippen LogP contribution in [0.2, 0.25) is 0 Å². The molecule has 0 spiro atoms. The second-order valence-electron chi connectivity index (χ2n) is 9.51. The molecule has 198 valence electrons. The number of carbonyl (C=O) groups is 2. The Kier molecular flexibility index (Phi) is 8.59. The highest BCUT2D eigenvalue weighted by Crippen LogP contribution is 2.35. The van der Waals surface area contributed by atoms with E-state index in [1.807, 2.05) is 0 Å². The lowest BCUT2D eigenvalue weighted by atomic mass is 9.98. The van der Waals surface area contributed by atoms with Gasteiger partial charge in [0.1, 0.15) is 5.69 Å². The minimum Gasteiger partial charge on any atom is -0.387 e. The number of nitro groups is 1. The molecule has 2 fully saturated rings. The van der Waals surface area contributed by atoms with Crippen LogP contribution >= 0.6 is 15.9 Å². The number of piperidine rings is 1. The molecule has 0 aliphatic carbocycles. The van der Waals surface area contributed by atoms with Crippen LogP contribution in [0.4, 0.5) is 17.1 Å². The van der Waals surface area contributed by atoms with Crippen molar-refractivity contribution < 1.29 is 19.2 Å². The monoisotopic (exact) mass is 574 g/mol. The highest BCUT2D eigenvalue weighted by molar-refractivity contribution is 9.10. The van der Waals surface area contributed by atoms with Gasteiger partial charge in [-0.05, 0) is 37.3 Å². The van der Waals surface area contributed by atoms with Crippen molar-refractivity contribution in [1.82, 2.24) is 15.2 Å². The SMILES string of the molecule is CNc1cncc(C(=O)N[C@H]2CCOC[C@H]2Nc2c(C(=O)N3CCC[C@H](C)C3)cc(Br)cc2[N+](=O)[O-])c1. The third kappa shape index (κ3) is 6.37. The molecule has 3 N–H and O–H groups in total. The van der Waals surface area contributed by atoms with Crippen molar-refractivity contribution in [2.45, 2.75) is 38.3 Å². The highest BCUT2D eigenvalue weighted by atomic mass is 79.9. The third-order valence-electron chi connectivity index (χ3n) is 6.75. The van der Waals surface area contributed by atoms with Crippen LogP contribution in [0.5, 0.6) is 0 Å². The van der Waals surface area contributed by atoms with Gasteiger partial charge in [-0.15, -0.1) is 0 Å². The van der Waals surface area contributed by atoms with Gasteiger partial charge in [0, 0.05) is 49.7 Å². The van der Waals surface area contributed by atoms with Gasteiger partial charge in [-0.3, -0.25) is 24.7 Å². The number of pyridine rings is 1. The summed E-state index contributed by atoms with van der Waals surface area (Å²) in [5, 5.41) is 21.2. The Balaban J connectivity index is 1.62. The molecule has 1 aromatic carbocycles. The van der Waals surface area contributed by atoms with Gasteiger partial charge >= 0.3 is 0 Å². The van der Waals surface area contributed by atoms with E-state index in [0.717, 1.165) is 12.8 Å². The number of nitrogens with zero attached hydrogens (tertiary/aromatic N) is 3. The van der Waals surface area contributed by atoms with Crippen LogP contribution in [0.1, 0.15) is 46.9 Å². The number of ether oxygens (including phenoxy) is 1. The van der Waals surface area contributed by atoms with E-state index < -0.39 is 11.0 Å². The quantitative estimate of drug-likeness (QED) is 0.336. The molecular weight excluding hydrogens is 544 g/mol. The maximum atomic E-state index is 13.6. The first-order valence-corrected chi connectivity index (χ1v) is 13.1. The fraction of sp³-hybridized carbons (Fsp3) is 0.480. The van der Waals surface area contributed by atoms with Crippen LogP contribution in [0.3, 0.4) is 0 Å². The largest absolute Gasteiger partial charge is 0.387 e. The van der Waals surface area contributed by atoms with Crippen LogP contribution in [0.25, 0.3) is 0 Å². The van der Waals surface area contributed by atoms with Crippen LogP contribution in [0.15, 0.2) is 35.1 Å². The number of halogens is 1. The van der Waals surface area contributed by atoms with Crippen molar-refractivity contribution in [1.29, 1.82) is 0 Å². The number of likely N-dealkylation sites (tertiary alicyclic amines) is 1. The molecule has 4 rings (SSSR count). The van der Waals surface area contributed by atoms with Crippen LogP contribution in [-0.4, -0.2) is 72.1 Å². The molecule has 2 aliphatic rings. The van der Waals surface area contributed by atoms with E-state index in [4.69, 9.17) is 4.74 Å². The van der Waals surface area contributed by atoms with Gasteiger partial charge in [-0.1, -0.05) is 22.9 Å². The number of nitro benzene ring substituents is 1. The predicted molar refractivity (Wildman–Crippen MR) is 143 cm³/mol. The smallest absolute Gasteiger partial charge is 0.294 e. The molecule has 2 saturated heterocycles. The number of aromatic nitrogens is 1. The van der Waals surface area contributed by atoms with Crippen LogP contribution in [-0.2, 0) is 4.74 Å². The van der Waals surface area contributed by atoms with E-state index in [2.05, 4.69) is 43.8 Å². The Bertz CT molecular complexity index is 1180. The zero-order chi connectivity index (χ0) is 26.5. The summed E-state index contributed by atoms with van der Waals surface area (Å²) in [5.74, 6) is -0.212. The average molecular weight is 575 g/mol. The van der Waals surface area contributed by atoms with Gasteiger partial charge in [0.05, 0.1) is 40.4 Å². The summed E-state index contributed by atoms with van der Waals surface area (Å²) in [4.78, 5) is 43.9. The van der Waals surface area contributed by atoms with E-state index in [0.29, 0.717) is 47.8 Å². The van der Waals surface area contributed by atoms with Crippen LogP contribution in [0, 0.1) is 16.0 Å². The van der Waals surface area contributed by atoms with E-state index in [-0.39, 0.29) is 41.4 Å². The fourth-order valence-corrected chi connectivity index (χ4v) is 5.24. The van der Waals surface area contributed by atoms with Gasteiger partial charge in [-0.2, -0.15) is 0 Å². The summed E-state index contributed by atoms with van der Waals surface area (Å²) in [6.07, 6.45) is 5.53. The van der Waals surface area contributed by atoms with E-state index in [1.165, 1.54) is 12.3 Å². The van der Waals surface area contributed by atoms with E-state index in [9.17, 15) is 19.7 Å². The number of amides is 2. The van der Waals surface area contributed by atoms with Crippen LogP contribution < -0.4 is 16.0 Å². The van der Waals surface area contributed by atoms with Crippen molar-refractivity contribution in [3.05, 3.63) is 56.3 Å². The lowest BCUT2D eigenvalue weighted by molar-refractivity contribution is -0.384. The minimum absolute atomic E-state index is 0.130. The first-order chi connectivity index (χ1) is 17.8. The molecule has 3 heterocycles. The molecule has 3 atom stereocenters. The molecule has 11 nitrogen and oxygen atoms in total. The van der Waals surface area contributed by atoms with Crippen molar-refractivity contribution in [2.75, 3.05) is 44.0 Å². The molecule has 0 saturated carbocycles. The number of nitrogens with one attached hydrogen (secondary N) is 3. The molecule has 0 unspecified atom stereocenters. The van der Waals surface area contributed by atoms with Crippen molar-refractivity contribution in [3.8, 4) is 0 Å². The minimum atomic E-state index is -0.505. The Hall–Kier alpha value is -3.25. The molecule has 0 radical (unpaired) electrons. The summed E-state index contributed by atoms with van der Waals surface area (Å²) in [5.41, 5.74) is 1.22. The van der Waals surface area contributed by atoms with Gasteiger partial charge in [0.15, 0.2) is 0 Å². The summed E-state index contributed by atoms with van der Waals surface area (Å²) in [7, 11) is 1.74. The standard InChI is InChI=1S/C25H31BrN6O5/c1-15-4-3-6-31(13-15)25(34)19-9-17(26)10-22(32(35)36)23(19)29-21-14-37-7-5-20(21)30-24(33)16-8-18(27-2)12-28-11-16/h8-12,15,20-21,27,29H,3-7,13-14H2,1-2H3,(H,30,33)/t15-,20-,21+/m0/s1. The van der Waals surface area contributed by atoms with E-state index in [1.54, 1.807) is 30.3 Å². The van der Waals surface area contributed by atoms with Crippen molar-refractivity contribution >= 4 is 44.8 Å². The normalized spacial score (nSPS) is 21.7. The Morgan fingerprint density at radius 3 is 2.76 bits per heavy atom. The lowest BCUT2D eigenvalue weighted by Gasteiger charge is -2.35. The third-order valence-corrected chi connectivity index (χ3v) is 7.20. The molecule has 2 amide bonds. The molecular formula is C25H31BrN6O5. The first kappa shape index (κ1) is 26.8. The second kappa shape index (κ2) is 11.9. The average Bonchev–Trinajstić information content (AvgIpc) is 2.89. The Labute approximate surface area is 223 Å². The maximum absolute atomic E-state index is 13.6. The number of hydrogen-bond donors (Lipinski definition) is 3. The molecule has 37 heavy (non-hydrogen) atoms. The summed E-state index contributed by atoms with van der Waals surface area (Å²) < 4.78 is 6.10. The number of hydrogen-bond acceptors (Lipinski definition) is 8. The zero-order valence-electron chi connectivity index (χ0n) is 20.8. The second-order valence-corrected chi connectivity index (χ2v) is 10.4. The summed E-state index contributed by atoms with van der Waals surface area (Å²) in [6, 6.07) is 3.80. The van der Waals surface area contributed by atoms with Gasteiger partial charge in [0.2, 0.25) is 0 Å². The number of rotatable bonds is 7. The lowest BCUT2D eigenvalue weighted by Crippen LogP contribution is -2.52. The molecule has 1 aromatic heterocycles. The first-order valence-electron chi connectivity index (χ1n) is 12.3. The number of anilines is 2. The highest BCUT2D eigenvalue weighted by Gasteiger charge is 2.33. The predicted octanol–water partition coefficient (Wildman–Crippen LogP) is 3.67. The number of benzene rings is 1. The van der Waals surface area contributed by atoms with Gasteiger partial charge < -0.3 is 25.6 Å². The van der Waals surface area contributed by atoms with Gasteiger partial charge in [-0.25, -0.2) is 0 Å². The van der Waals surface area contributed by atoms with Crippen molar-refractivity contribution in [2.24, 2.45) is 5.92 Å².